The summed E-state index contributed by atoms with van der Waals surface area (Å²) in [5.41, 5.74) is 1.01. The van der Waals surface area contributed by atoms with E-state index in [1.54, 1.807) is 11.0 Å². The minimum atomic E-state index is -3.32. The molecule has 1 amide bonds. The molecule has 22 heavy (non-hydrogen) atoms. The van der Waals surface area contributed by atoms with Crippen LogP contribution in [0.2, 0.25) is 5.02 Å². The standard InChI is InChI=1S/C15H21ClN2O3S/c1-11(8-12-4-3-5-13(16)9-12)15(19)18-7-6-14(10-18)22(20,21)17-2/h3-5,9,11,14,17H,6-8,10H2,1-2H3/t11-,14+/m0/s1. The molecule has 5 nitrogen and oxygen atoms in total. The van der Waals surface area contributed by atoms with Crippen LogP contribution in [0.15, 0.2) is 24.3 Å². The van der Waals surface area contributed by atoms with Gasteiger partial charge in [0.15, 0.2) is 0 Å². The van der Waals surface area contributed by atoms with Gasteiger partial charge in [0.25, 0.3) is 0 Å². The minimum absolute atomic E-state index is 0.00576. The van der Waals surface area contributed by atoms with Crippen molar-refractivity contribution in [1.82, 2.24) is 9.62 Å². The van der Waals surface area contributed by atoms with E-state index in [4.69, 9.17) is 11.6 Å². The van der Waals surface area contributed by atoms with E-state index < -0.39 is 15.3 Å². The minimum Gasteiger partial charge on any atom is -0.341 e. The van der Waals surface area contributed by atoms with Gasteiger partial charge in [0.2, 0.25) is 15.9 Å². The molecule has 1 N–H and O–H groups in total. The number of benzene rings is 1. The first-order chi connectivity index (χ1) is 10.3. The highest BCUT2D eigenvalue weighted by Crippen LogP contribution is 2.21. The molecule has 0 spiro atoms. The van der Waals surface area contributed by atoms with Gasteiger partial charge < -0.3 is 4.90 Å². The average Bonchev–Trinajstić information content (AvgIpc) is 2.97. The van der Waals surface area contributed by atoms with Gasteiger partial charge in [-0.25, -0.2) is 13.1 Å². The summed E-state index contributed by atoms with van der Waals surface area (Å²) < 4.78 is 25.9. The van der Waals surface area contributed by atoms with Gasteiger partial charge in [0.05, 0.1) is 5.25 Å². The van der Waals surface area contributed by atoms with Crippen molar-refractivity contribution in [2.75, 3.05) is 20.1 Å². The van der Waals surface area contributed by atoms with Crippen LogP contribution in [0.4, 0.5) is 0 Å². The Morgan fingerprint density at radius 2 is 2.23 bits per heavy atom. The summed E-state index contributed by atoms with van der Waals surface area (Å²) in [6.45, 7) is 2.62. The molecule has 1 fully saturated rings. The third-order valence-corrected chi connectivity index (χ3v) is 6.10. The number of carbonyl (C=O) groups excluding carboxylic acids is 1. The second-order valence-corrected chi connectivity index (χ2v) is 8.28. The van der Waals surface area contributed by atoms with Gasteiger partial charge >= 0.3 is 0 Å². The first-order valence-corrected chi connectivity index (χ1v) is 9.21. The lowest BCUT2D eigenvalue weighted by Crippen LogP contribution is -2.38. The SMILES string of the molecule is CNS(=O)(=O)[C@@H]1CCN(C(=O)[C@@H](C)Cc2cccc(Cl)c2)C1. The fraction of sp³-hybridized carbons (Fsp3) is 0.533. The van der Waals surface area contributed by atoms with Gasteiger partial charge in [-0.2, -0.15) is 0 Å². The predicted octanol–water partition coefficient (Wildman–Crippen LogP) is 1.67. The maximum Gasteiger partial charge on any atom is 0.225 e. The number of amides is 1. The molecule has 1 aliphatic rings. The Morgan fingerprint density at radius 3 is 2.86 bits per heavy atom. The highest BCUT2D eigenvalue weighted by atomic mass is 35.5. The molecule has 0 bridgehead atoms. The monoisotopic (exact) mass is 344 g/mol. The van der Waals surface area contributed by atoms with Crippen LogP contribution >= 0.6 is 11.6 Å². The first-order valence-electron chi connectivity index (χ1n) is 7.29. The Kier molecular flexibility index (Phi) is 5.47. The van der Waals surface area contributed by atoms with E-state index in [0.717, 1.165) is 5.56 Å². The van der Waals surface area contributed by atoms with Gasteiger partial charge in [-0.1, -0.05) is 30.7 Å². The van der Waals surface area contributed by atoms with Gasteiger partial charge in [0, 0.05) is 24.0 Å². The molecule has 1 saturated heterocycles. The molecule has 0 aliphatic carbocycles. The molecule has 2 atom stereocenters. The molecule has 1 heterocycles. The van der Waals surface area contributed by atoms with E-state index in [2.05, 4.69) is 4.72 Å². The zero-order chi connectivity index (χ0) is 16.3. The zero-order valence-corrected chi connectivity index (χ0v) is 14.3. The molecule has 7 heteroatoms. The van der Waals surface area contributed by atoms with Crippen molar-refractivity contribution in [2.24, 2.45) is 5.92 Å². The van der Waals surface area contributed by atoms with E-state index >= 15 is 0 Å². The van der Waals surface area contributed by atoms with Crippen molar-refractivity contribution < 1.29 is 13.2 Å². The first kappa shape index (κ1) is 17.2. The average molecular weight is 345 g/mol. The molecule has 1 aromatic carbocycles. The molecule has 0 radical (unpaired) electrons. The maximum absolute atomic E-state index is 12.5. The van der Waals surface area contributed by atoms with Crippen LogP contribution in [-0.4, -0.2) is 44.6 Å². The summed E-state index contributed by atoms with van der Waals surface area (Å²) in [6, 6.07) is 7.45. The van der Waals surface area contributed by atoms with Crippen LogP contribution in [0.3, 0.4) is 0 Å². The Balaban J connectivity index is 1.97. The number of likely N-dealkylation sites (tertiary alicyclic amines) is 1. The fourth-order valence-electron chi connectivity index (χ4n) is 2.76. The summed E-state index contributed by atoms with van der Waals surface area (Å²) in [4.78, 5) is 14.1. The third-order valence-electron chi connectivity index (χ3n) is 4.03. The Bertz CT molecular complexity index is 648. The van der Waals surface area contributed by atoms with Gasteiger partial charge in [0.1, 0.15) is 0 Å². The number of rotatable bonds is 5. The molecule has 0 saturated carbocycles. The molecular formula is C15H21ClN2O3S. The highest BCUT2D eigenvalue weighted by Gasteiger charge is 2.35. The Labute approximate surface area is 136 Å². The second kappa shape index (κ2) is 6.98. The van der Waals surface area contributed by atoms with Crippen LogP contribution in [0, 0.1) is 5.92 Å². The van der Waals surface area contributed by atoms with Gasteiger partial charge in [-0.3, -0.25) is 4.79 Å². The molecular weight excluding hydrogens is 324 g/mol. The normalized spacial score (nSPS) is 20.1. The number of carbonyl (C=O) groups is 1. The number of halogens is 1. The number of nitrogens with zero attached hydrogens (tertiary/aromatic N) is 1. The van der Waals surface area contributed by atoms with E-state index in [1.807, 2.05) is 25.1 Å². The van der Waals surface area contributed by atoms with Crippen LogP contribution < -0.4 is 4.72 Å². The van der Waals surface area contributed by atoms with Crippen LogP contribution in [0.25, 0.3) is 0 Å². The molecule has 1 aliphatic heterocycles. The zero-order valence-electron chi connectivity index (χ0n) is 12.8. The summed E-state index contributed by atoms with van der Waals surface area (Å²) in [7, 11) is -1.91. The summed E-state index contributed by atoms with van der Waals surface area (Å²) in [5.74, 6) is -0.205. The predicted molar refractivity (Wildman–Crippen MR) is 87.3 cm³/mol. The molecule has 0 unspecified atom stereocenters. The molecule has 122 valence electrons. The van der Waals surface area contributed by atoms with Crippen molar-refractivity contribution >= 4 is 27.5 Å². The van der Waals surface area contributed by atoms with Crippen LogP contribution in [0.1, 0.15) is 18.9 Å². The largest absolute Gasteiger partial charge is 0.341 e. The van der Waals surface area contributed by atoms with Crippen molar-refractivity contribution in [1.29, 1.82) is 0 Å². The topological polar surface area (TPSA) is 66.5 Å². The van der Waals surface area contributed by atoms with E-state index in [9.17, 15) is 13.2 Å². The molecule has 2 rings (SSSR count). The van der Waals surface area contributed by atoms with Crippen molar-refractivity contribution in [3.63, 3.8) is 0 Å². The van der Waals surface area contributed by atoms with Crippen LogP contribution in [-0.2, 0) is 21.2 Å². The van der Waals surface area contributed by atoms with E-state index in [1.165, 1.54) is 7.05 Å². The summed E-state index contributed by atoms with van der Waals surface area (Å²) in [5, 5.41) is 0.137. The number of hydrogen-bond acceptors (Lipinski definition) is 3. The highest BCUT2D eigenvalue weighted by molar-refractivity contribution is 7.90. The lowest BCUT2D eigenvalue weighted by atomic mass is 10.00. The van der Waals surface area contributed by atoms with Gasteiger partial charge in [-0.15, -0.1) is 0 Å². The van der Waals surface area contributed by atoms with Crippen LogP contribution in [0.5, 0.6) is 0 Å². The lowest BCUT2D eigenvalue weighted by molar-refractivity contribution is -0.133. The summed E-state index contributed by atoms with van der Waals surface area (Å²) >= 11 is 5.95. The maximum atomic E-state index is 12.5. The summed E-state index contributed by atoms with van der Waals surface area (Å²) in [6.07, 6.45) is 1.08. The molecule has 1 aromatic rings. The fourth-order valence-corrected chi connectivity index (χ4v) is 4.10. The number of sulfonamides is 1. The Hall–Kier alpha value is -1.11. The Morgan fingerprint density at radius 1 is 1.50 bits per heavy atom. The quantitative estimate of drug-likeness (QED) is 0.883. The van der Waals surface area contributed by atoms with Gasteiger partial charge in [-0.05, 0) is 37.6 Å². The lowest BCUT2D eigenvalue weighted by Gasteiger charge is -2.21. The smallest absolute Gasteiger partial charge is 0.225 e. The second-order valence-electron chi connectivity index (χ2n) is 5.68. The number of hydrogen-bond donors (Lipinski definition) is 1. The number of nitrogens with one attached hydrogen (secondary N) is 1. The van der Waals surface area contributed by atoms with Crippen molar-refractivity contribution in [2.45, 2.75) is 25.0 Å². The van der Waals surface area contributed by atoms with E-state index in [0.29, 0.717) is 24.4 Å². The van der Waals surface area contributed by atoms with Crippen molar-refractivity contribution in [3.8, 4) is 0 Å². The molecule has 0 aromatic heterocycles. The van der Waals surface area contributed by atoms with Crippen molar-refractivity contribution in [3.05, 3.63) is 34.9 Å². The third kappa shape index (κ3) is 4.00. The van der Waals surface area contributed by atoms with E-state index in [-0.39, 0.29) is 18.4 Å².